The lowest BCUT2D eigenvalue weighted by Gasteiger charge is -2.13. The average Bonchev–Trinajstić information content (AvgIpc) is 3.20. The number of amides is 1. The van der Waals surface area contributed by atoms with E-state index in [0.717, 1.165) is 22.6 Å². The minimum atomic E-state index is -0.430. The van der Waals surface area contributed by atoms with Gasteiger partial charge in [0.15, 0.2) is 0 Å². The minimum Gasteiger partial charge on any atom is -0.497 e. The first-order valence-corrected chi connectivity index (χ1v) is 8.77. The predicted octanol–water partition coefficient (Wildman–Crippen LogP) is 3.87. The molecule has 3 rings (SSSR count). The molecule has 1 heterocycles. The number of nitriles is 1. The molecular weight excluding hydrogens is 352 g/mol. The standard InChI is InChI=1S/C22H20N4O2/c1-15(16-6-4-3-5-7-16)25-22(27)18(13-23)12-19-14-24-26-21(19)17-8-10-20(28-2)11-9-17/h3-12,14-15H,1-2H3,(H,24,26)(H,25,27)/b18-12+. The zero-order chi connectivity index (χ0) is 19.9. The molecule has 1 atom stereocenters. The summed E-state index contributed by atoms with van der Waals surface area (Å²) in [4.78, 5) is 12.6. The van der Waals surface area contributed by atoms with Crippen LogP contribution in [0.1, 0.15) is 24.1 Å². The van der Waals surface area contributed by atoms with Crippen molar-refractivity contribution in [2.45, 2.75) is 13.0 Å². The van der Waals surface area contributed by atoms with E-state index in [-0.39, 0.29) is 11.6 Å². The van der Waals surface area contributed by atoms with E-state index in [1.54, 1.807) is 13.3 Å². The maximum atomic E-state index is 12.6. The molecule has 2 N–H and O–H groups in total. The molecule has 0 spiro atoms. The van der Waals surface area contributed by atoms with E-state index in [9.17, 15) is 10.1 Å². The van der Waals surface area contributed by atoms with Gasteiger partial charge >= 0.3 is 0 Å². The quantitative estimate of drug-likeness (QED) is 0.508. The van der Waals surface area contributed by atoms with Gasteiger partial charge in [-0.3, -0.25) is 9.89 Å². The predicted molar refractivity (Wildman–Crippen MR) is 107 cm³/mol. The highest BCUT2D eigenvalue weighted by Crippen LogP contribution is 2.25. The molecule has 0 aliphatic heterocycles. The van der Waals surface area contributed by atoms with Crippen LogP contribution in [0.4, 0.5) is 0 Å². The first kappa shape index (κ1) is 18.9. The molecule has 0 radical (unpaired) electrons. The number of methoxy groups -OCH3 is 1. The van der Waals surface area contributed by atoms with Crippen molar-refractivity contribution in [1.82, 2.24) is 15.5 Å². The molecule has 0 saturated carbocycles. The number of hydrogen-bond donors (Lipinski definition) is 2. The third-order valence-corrected chi connectivity index (χ3v) is 4.36. The van der Waals surface area contributed by atoms with E-state index < -0.39 is 5.91 Å². The molecule has 140 valence electrons. The van der Waals surface area contributed by atoms with E-state index in [4.69, 9.17) is 4.74 Å². The number of nitrogens with zero attached hydrogens (tertiary/aromatic N) is 2. The van der Waals surface area contributed by atoms with Gasteiger partial charge < -0.3 is 10.1 Å². The lowest BCUT2D eigenvalue weighted by molar-refractivity contribution is -0.117. The fourth-order valence-corrected chi connectivity index (χ4v) is 2.80. The Labute approximate surface area is 163 Å². The zero-order valence-corrected chi connectivity index (χ0v) is 15.6. The molecule has 6 nitrogen and oxygen atoms in total. The molecule has 6 heteroatoms. The fourth-order valence-electron chi connectivity index (χ4n) is 2.80. The van der Waals surface area contributed by atoms with Gasteiger partial charge in [-0.15, -0.1) is 0 Å². The maximum Gasteiger partial charge on any atom is 0.262 e. The Balaban J connectivity index is 1.82. The highest BCUT2D eigenvalue weighted by atomic mass is 16.5. The molecule has 1 aromatic heterocycles. The second-order valence-corrected chi connectivity index (χ2v) is 6.20. The van der Waals surface area contributed by atoms with E-state index in [2.05, 4.69) is 15.5 Å². The summed E-state index contributed by atoms with van der Waals surface area (Å²) in [7, 11) is 1.60. The minimum absolute atomic E-state index is 0.0129. The smallest absolute Gasteiger partial charge is 0.262 e. The van der Waals surface area contributed by atoms with E-state index >= 15 is 0 Å². The van der Waals surface area contributed by atoms with Crippen LogP contribution in [0.3, 0.4) is 0 Å². The Hall–Kier alpha value is -3.85. The van der Waals surface area contributed by atoms with E-state index in [1.807, 2.05) is 67.6 Å². The number of ether oxygens (including phenoxy) is 1. The summed E-state index contributed by atoms with van der Waals surface area (Å²) in [5, 5.41) is 19.3. The van der Waals surface area contributed by atoms with Crippen molar-refractivity contribution in [2.75, 3.05) is 7.11 Å². The van der Waals surface area contributed by atoms with Crippen LogP contribution in [-0.2, 0) is 4.79 Å². The van der Waals surface area contributed by atoms with Gasteiger partial charge in [0.05, 0.1) is 25.0 Å². The lowest BCUT2D eigenvalue weighted by atomic mass is 10.0. The topological polar surface area (TPSA) is 90.8 Å². The Kier molecular flexibility index (Phi) is 5.87. The molecule has 0 saturated heterocycles. The monoisotopic (exact) mass is 372 g/mol. The van der Waals surface area contributed by atoms with E-state index in [1.165, 1.54) is 6.08 Å². The summed E-state index contributed by atoms with van der Waals surface area (Å²) < 4.78 is 5.17. The maximum absolute atomic E-state index is 12.6. The number of carbonyl (C=O) groups excluding carboxylic acids is 1. The normalized spacial score (nSPS) is 12.1. The van der Waals surface area contributed by atoms with Crippen LogP contribution < -0.4 is 10.1 Å². The van der Waals surface area contributed by atoms with Gasteiger partial charge in [-0.1, -0.05) is 30.3 Å². The number of H-pyrrole nitrogens is 1. The van der Waals surface area contributed by atoms with Crippen LogP contribution in [0.2, 0.25) is 0 Å². The number of aromatic nitrogens is 2. The molecule has 0 aliphatic rings. The van der Waals surface area contributed by atoms with Crippen molar-refractivity contribution in [3.8, 4) is 23.1 Å². The molecule has 2 aromatic carbocycles. The van der Waals surface area contributed by atoms with Crippen LogP contribution in [0.15, 0.2) is 66.4 Å². The second-order valence-electron chi connectivity index (χ2n) is 6.20. The van der Waals surface area contributed by atoms with Crippen LogP contribution in [0.5, 0.6) is 5.75 Å². The number of benzene rings is 2. The number of hydrogen-bond acceptors (Lipinski definition) is 4. The summed E-state index contributed by atoms with van der Waals surface area (Å²) in [5.74, 6) is 0.313. The number of rotatable bonds is 6. The van der Waals surface area contributed by atoms with Crippen LogP contribution in [-0.4, -0.2) is 23.2 Å². The first-order valence-electron chi connectivity index (χ1n) is 8.77. The summed E-state index contributed by atoms with van der Waals surface area (Å²) in [5.41, 5.74) is 3.23. The first-order chi connectivity index (χ1) is 13.6. The highest BCUT2D eigenvalue weighted by Gasteiger charge is 2.15. The van der Waals surface area contributed by atoms with Gasteiger partial charge in [-0.25, -0.2) is 0 Å². The van der Waals surface area contributed by atoms with Crippen molar-refractivity contribution in [3.05, 3.63) is 77.5 Å². The van der Waals surface area contributed by atoms with Crippen molar-refractivity contribution in [3.63, 3.8) is 0 Å². The number of carbonyl (C=O) groups is 1. The number of aromatic amines is 1. The molecule has 0 aliphatic carbocycles. The summed E-state index contributed by atoms with van der Waals surface area (Å²) in [6.07, 6.45) is 3.13. The Morgan fingerprint density at radius 1 is 1.21 bits per heavy atom. The highest BCUT2D eigenvalue weighted by molar-refractivity contribution is 6.02. The molecule has 28 heavy (non-hydrogen) atoms. The third kappa shape index (κ3) is 4.27. The van der Waals surface area contributed by atoms with Crippen LogP contribution in [0, 0.1) is 11.3 Å². The summed E-state index contributed by atoms with van der Waals surface area (Å²) >= 11 is 0. The van der Waals surface area contributed by atoms with Gasteiger partial charge in [0, 0.05) is 11.1 Å². The van der Waals surface area contributed by atoms with Gasteiger partial charge in [0.25, 0.3) is 5.91 Å². The summed E-state index contributed by atoms with van der Waals surface area (Å²) in [6, 6.07) is 18.8. The molecule has 1 unspecified atom stereocenters. The second kappa shape index (κ2) is 8.69. The molecule has 3 aromatic rings. The molecule has 1 amide bonds. The Morgan fingerprint density at radius 3 is 2.57 bits per heavy atom. The average molecular weight is 372 g/mol. The van der Waals surface area contributed by atoms with E-state index in [0.29, 0.717) is 5.56 Å². The lowest BCUT2D eigenvalue weighted by Crippen LogP contribution is -2.27. The summed E-state index contributed by atoms with van der Waals surface area (Å²) in [6.45, 7) is 1.88. The largest absolute Gasteiger partial charge is 0.497 e. The fraction of sp³-hybridized carbons (Fsp3) is 0.136. The zero-order valence-electron chi connectivity index (χ0n) is 15.6. The van der Waals surface area contributed by atoms with Crippen LogP contribution >= 0.6 is 0 Å². The Morgan fingerprint density at radius 2 is 1.93 bits per heavy atom. The van der Waals surface area contributed by atoms with Crippen molar-refractivity contribution < 1.29 is 9.53 Å². The molecule has 0 bridgehead atoms. The van der Waals surface area contributed by atoms with Crippen LogP contribution in [0.25, 0.3) is 17.3 Å². The van der Waals surface area contributed by atoms with Gasteiger partial charge in [0.1, 0.15) is 17.4 Å². The Bertz CT molecular complexity index is 1010. The third-order valence-electron chi connectivity index (χ3n) is 4.36. The van der Waals surface area contributed by atoms with Crippen molar-refractivity contribution in [1.29, 1.82) is 5.26 Å². The van der Waals surface area contributed by atoms with Gasteiger partial charge in [-0.05, 0) is 42.8 Å². The van der Waals surface area contributed by atoms with Crippen molar-refractivity contribution in [2.24, 2.45) is 0 Å². The number of nitrogens with one attached hydrogen (secondary N) is 2. The molecular formula is C22H20N4O2. The van der Waals surface area contributed by atoms with Crippen molar-refractivity contribution >= 4 is 12.0 Å². The molecule has 0 fully saturated rings. The van der Waals surface area contributed by atoms with Gasteiger partial charge in [-0.2, -0.15) is 10.4 Å². The SMILES string of the molecule is COc1ccc(-c2[nH]ncc2/C=C(\C#N)C(=O)NC(C)c2ccccc2)cc1. The van der Waals surface area contributed by atoms with Gasteiger partial charge in [0.2, 0.25) is 0 Å².